The highest BCUT2D eigenvalue weighted by atomic mass is 127. The third kappa shape index (κ3) is 1.80. The Kier molecular flexibility index (Phi) is 3.19. The van der Waals surface area contributed by atoms with Gasteiger partial charge in [-0.15, -0.1) is 0 Å². The molecule has 0 bridgehead atoms. The summed E-state index contributed by atoms with van der Waals surface area (Å²) in [4.78, 5) is 14.3. The van der Waals surface area contributed by atoms with Crippen molar-refractivity contribution in [1.29, 1.82) is 0 Å². The molecule has 0 aliphatic carbocycles. The van der Waals surface area contributed by atoms with Gasteiger partial charge in [-0.1, -0.05) is 0 Å². The molecule has 0 spiro atoms. The van der Waals surface area contributed by atoms with Crippen molar-refractivity contribution >= 4 is 28.5 Å². The van der Waals surface area contributed by atoms with E-state index in [1.165, 1.54) is 0 Å². The summed E-state index contributed by atoms with van der Waals surface area (Å²) in [6, 6.07) is 4.18. The SMILES string of the molecule is CCOc1cc2c(cc1I)C(=O)N1CCNCC21. The Morgan fingerprint density at radius 2 is 2.39 bits per heavy atom. The van der Waals surface area contributed by atoms with Crippen molar-refractivity contribution in [2.24, 2.45) is 0 Å². The Morgan fingerprint density at radius 3 is 3.17 bits per heavy atom. The first-order valence-corrected chi connectivity index (χ1v) is 7.28. The van der Waals surface area contributed by atoms with E-state index < -0.39 is 0 Å². The molecule has 1 unspecified atom stereocenters. The Balaban J connectivity index is 2.06. The smallest absolute Gasteiger partial charge is 0.254 e. The number of ether oxygens (including phenoxy) is 1. The van der Waals surface area contributed by atoms with Crippen LogP contribution in [-0.2, 0) is 0 Å². The van der Waals surface area contributed by atoms with Crippen LogP contribution < -0.4 is 10.1 Å². The number of hydrogen-bond acceptors (Lipinski definition) is 3. The van der Waals surface area contributed by atoms with Crippen molar-refractivity contribution in [2.75, 3.05) is 26.2 Å². The van der Waals surface area contributed by atoms with E-state index in [2.05, 4.69) is 27.9 Å². The molecule has 1 fully saturated rings. The van der Waals surface area contributed by atoms with Gasteiger partial charge in [0.15, 0.2) is 0 Å². The summed E-state index contributed by atoms with van der Waals surface area (Å²) in [5.74, 6) is 1.05. The Hall–Kier alpha value is -0.820. The number of nitrogens with one attached hydrogen (secondary N) is 1. The van der Waals surface area contributed by atoms with Gasteiger partial charge in [-0.2, -0.15) is 0 Å². The van der Waals surface area contributed by atoms with E-state index in [1.807, 2.05) is 24.0 Å². The third-order valence-electron chi connectivity index (χ3n) is 3.50. The quantitative estimate of drug-likeness (QED) is 0.820. The van der Waals surface area contributed by atoms with Crippen molar-refractivity contribution in [2.45, 2.75) is 13.0 Å². The molecular formula is C13H15IN2O2. The summed E-state index contributed by atoms with van der Waals surface area (Å²) < 4.78 is 6.63. The Labute approximate surface area is 120 Å². The van der Waals surface area contributed by atoms with Crippen LogP contribution in [0.15, 0.2) is 12.1 Å². The molecule has 5 heteroatoms. The average molecular weight is 358 g/mol. The molecule has 1 saturated heterocycles. The summed E-state index contributed by atoms with van der Waals surface area (Å²) in [7, 11) is 0. The molecule has 3 rings (SSSR count). The second kappa shape index (κ2) is 4.70. The Bertz CT molecular complexity index is 504. The number of hydrogen-bond donors (Lipinski definition) is 1. The van der Waals surface area contributed by atoms with Gasteiger partial charge in [0.05, 0.1) is 16.2 Å². The normalized spacial score (nSPS) is 21.8. The largest absolute Gasteiger partial charge is 0.493 e. The fraction of sp³-hybridized carbons (Fsp3) is 0.462. The molecule has 2 aliphatic rings. The lowest BCUT2D eigenvalue weighted by Gasteiger charge is -2.30. The van der Waals surface area contributed by atoms with Crippen molar-refractivity contribution < 1.29 is 9.53 Å². The zero-order valence-corrected chi connectivity index (χ0v) is 12.4. The van der Waals surface area contributed by atoms with Crippen LogP contribution in [0.5, 0.6) is 5.75 Å². The number of amides is 1. The van der Waals surface area contributed by atoms with Crippen LogP contribution in [0.4, 0.5) is 0 Å². The van der Waals surface area contributed by atoms with Crippen LogP contribution in [-0.4, -0.2) is 37.0 Å². The van der Waals surface area contributed by atoms with Crippen LogP contribution in [0.2, 0.25) is 0 Å². The first-order valence-electron chi connectivity index (χ1n) is 6.20. The molecule has 1 aromatic carbocycles. The molecule has 2 aliphatic heterocycles. The first kappa shape index (κ1) is 12.2. The molecule has 18 heavy (non-hydrogen) atoms. The number of fused-ring (bicyclic) bond motifs is 3. The van der Waals surface area contributed by atoms with Gasteiger partial charge in [-0.05, 0) is 47.2 Å². The van der Waals surface area contributed by atoms with E-state index >= 15 is 0 Å². The number of carbonyl (C=O) groups excluding carboxylic acids is 1. The zero-order valence-electron chi connectivity index (χ0n) is 10.2. The predicted molar refractivity (Wildman–Crippen MR) is 77.0 cm³/mol. The molecule has 1 atom stereocenters. The van der Waals surface area contributed by atoms with Crippen molar-refractivity contribution in [3.8, 4) is 5.75 Å². The van der Waals surface area contributed by atoms with Crippen LogP contribution in [0.1, 0.15) is 28.9 Å². The number of rotatable bonds is 2. The summed E-state index contributed by atoms with van der Waals surface area (Å²) >= 11 is 2.23. The van der Waals surface area contributed by atoms with Gasteiger partial charge < -0.3 is 15.0 Å². The summed E-state index contributed by atoms with van der Waals surface area (Å²) in [5.41, 5.74) is 1.95. The Morgan fingerprint density at radius 1 is 1.56 bits per heavy atom. The van der Waals surface area contributed by atoms with Gasteiger partial charge in [-0.3, -0.25) is 4.79 Å². The lowest BCUT2D eigenvalue weighted by atomic mass is 10.0. The molecule has 0 aromatic heterocycles. The fourth-order valence-corrected chi connectivity index (χ4v) is 3.30. The monoisotopic (exact) mass is 358 g/mol. The number of halogens is 1. The molecule has 0 radical (unpaired) electrons. The van der Waals surface area contributed by atoms with Gasteiger partial charge in [0, 0.05) is 25.2 Å². The second-order valence-electron chi connectivity index (χ2n) is 4.52. The highest BCUT2D eigenvalue weighted by Gasteiger charge is 2.38. The van der Waals surface area contributed by atoms with E-state index in [-0.39, 0.29) is 11.9 Å². The number of piperazine rings is 1. The highest BCUT2D eigenvalue weighted by molar-refractivity contribution is 14.1. The lowest BCUT2D eigenvalue weighted by Crippen LogP contribution is -2.44. The van der Waals surface area contributed by atoms with Gasteiger partial charge in [0.2, 0.25) is 0 Å². The minimum Gasteiger partial charge on any atom is -0.493 e. The number of carbonyl (C=O) groups is 1. The van der Waals surface area contributed by atoms with Crippen molar-refractivity contribution in [3.05, 3.63) is 26.8 Å². The molecule has 1 N–H and O–H groups in total. The second-order valence-corrected chi connectivity index (χ2v) is 5.68. The lowest BCUT2D eigenvalue weighted by molar-refractivity contribution is 0.0691. The molecule has 2 heterocycles. The van der Waals surface area contributed by atoms with E-state index in [4.69, 9.17) is 4.74 Å². The summed E-state index contributed by atoms with van der Waals surface area (Å²) in [6.07, 6.45) is 0. The molecule has 0 saturated carbocycles. The predicted octanol–water partition coefficient (Wildman–Crippen LogP) is 1.79. The van der Waals surface area contributed by atoms with Crippen molar-refractivity contribution in [1.82, 2.24) is 10.2 Å². The van der Waals surface area contributed by atoms with Crippen LogP contribution in [0.25, 0.3) is 0 Å². The van der Waals surface area contributed by atoms with E-state index in [0.29, 0.717) is 6.61 Å². The van der Waals surface area contributed by atoms with Gasteiger partial charge in [0.25, 0.3) is 5.91 Å². The molecule has 4 nitrogen and oxygen atoms in total. The molecule has 96 valence electrons. The van der Waals surface area contributed by atoms with Gasteiger partial charge in [-0.25, -0.2) is 0 Å². The first-order chi connectivity index (χ1) is 8.72. The average Bonchev–Trinajstić information content (AvgIpc) is 2.65. The minimum atomic E-state index is 0.164. The topological polar surface area (TPSA) is 41.6 Å². The number of nitrogens with zero attached hydrogens (tertiary/aromatic N) is 1. The minimum absolute atomic E-state index is 0.164. The van der Waals surface area contributed by atoms with Crippen LogP contribution >= 0.6 is 22.6 Å². The van der Waals surface area contributed by atoms with Gasteiger partial charge in [0.1, 0.15) is 5.75 Å². The van der Waals surface area contributed by atoms with E-state index in [9.17, 15) is 4.79 Å². The fourth-order valence-electron chi connectivity index (χ4n) is 2.68. The zero-order chi connectivity index (χ0) is 12.7. The third-order valence-corrected chi connectivity index (χ3v) is 4.34. The highest BCUT2D eigenvalue weighted by Crippen LogP contribution is 2.38. The standard InChI is InChI=1S/C13H15IN2O2/c1-2-18-12-6-8-9(5-10(12)14)13(17)16-4-3-15-7-11(8)16/h5-6,11,15H,2-4,7H2,1H3. The molecule has 1 aromatic rings. The number of benzene rings is 1. The summed E-state index contributed by atoms with van der Waals surface area (Å²) in [5, 5.41) is 3.35. The maximum atomic E-state index is 12.3. The maximum absolute atomic E-state index is 12.3. The van der Waals surface area contributed by atoms with Crippen molar-refractivity contribution in [3.63, 3.8) is 0 Å². The van der Waals surface area contributed by atoms with E-state index in [0.717, 1.165) is 40.1 Å². The summed E-state index contributed by atoms with van der Waals surface area (Å²) in [6.45, 7) is 5.13. The van der Waals surface area contributed by atoms with Crippen LogP contribution in [0, 0.1) is 3.57 Å². The maximum Gasteiger partial charge on any atom is 0.254 e. The molecular weight excluding hydrogens is 343 g/mol. The van der Waals surface area contributed by atoms with Crippen LogP contribution in [0.3, 0.4) is 0 Å². The molecule has 1 amide bonds. The van der Waals surface area contributed by atoms with E-state index in [1.54, 1.807) is 0 Å². The van der Waals surface area contributed by atoms with Gasteiger partial charge >= 0.3 is 0 Å².